The van der Waals surface area contributed by atoms with Gasteiger partial charge in [0.1, 0.15) is 6.04 Å². The van der Waals surface area contributed by atoms with E-state index in [0.29, 0.717) is 15.8 Å². The minimum atomic E-state index is -0.108. The van der Waals surface area contributed by atoms with E-state index >= 15 is 0 Å². The summed E-state index contributed by atoms with van der Waals surface area (Å²) in [5, 5.41) is 1.12. The molecule has 1 amide bonds. The van der Waals surface area contributed by atoms with Gasteiger partial charge in [0, 0.05) is 5.75 Å². The number of thioether (sulfide) groups is 1. The Bertz CT molecular complexity index is 486. The van der Waals surface area contributed by atoms with Crippen LogP contribution >= 0.6 is 35.6 Å². The molecule has 3 rings (SSSR count). The van der Waals surface area contributed by atoms with Crippen LogP contribution in [-0.2, 0) is 4.79 Å². The monoisotopic (exact) mass is 284 g/mol. The highest BCUT2D eigenvalue weighted by atomic mass is 35.5. The highest BCUT2D eigenvalue weighted by Crippen LogP contribution is 2.35. The van der Waals surface area contributed by atoms with E-state index in [9.17, 15) is 4.79 Å². The summed E-state index contributed by atoms with van der Waals surface area (Å²) in [5.74, 6) is 1.63. The Balaban J connectivity index is 2.03. The molecule has 2 fully saturated rings. The fourth-order valence-corrected chi connectivity index (χ4v) is 3.89. The third-order valence-electron chi connectivity index (χ3n) is 2.92. The lowest BCUT2D eigenvalue weighted by atomic mass is 10.2. The van der Waals surface area contributed by atoms with Gasteiger partial charge >= 0.3 is 0 Å². The molecule has 0 spiro atoms. The van der Waals surface area contributed by atoms with Crippen molar-refractivity contribution in [2.75, 3.05) is 16.5 Å². The van der Waals surface area contributed by atoms with E-state index in [1.54, 1.807) is 22.7 Å². The first-order valence-corrected chi connectivity index (χ1v) is 7.11. The number of hydrogen-bond donors (Lipinski definition) is 0. The molecule has 1 atom stereocenters. The maximum absolute atomic E-state index is 12.3. The van der Waals surface area contributed by atoms with E-state index < -0.39 is 0 Å². The average Bonchev–Trinajstić information content (AvgIpc) is 2.87. The number of thiocarbonyl (C=S) groups is 1. The van der Waals surface area contributed by atoms with Gasteiger partial charge in [-0.2, -0.15) is 0 Å². The van der Waals surface area contributed by atoms with Gasteiger partial charge in [-0.15, -0.1) is 11.8 Å². The van der Waals surface area contributed by atoms with Crippen LogP contribution in [0, 0.1) is 0 Å². The van der Waals surface area contributed by atoms with Crippen LogP contribution in [0.25, 0.3) is 0 Å². The summed E-state index contributed by atoms with van der Waals surface area (Å²) in [6, 6.07) is 7.18. The van der Waals surface area contributed by atoms with E-state index in [1.165, 1.54) is 0 Å². The molecule has 2 saturated heterocycles. The Morgan fingerprint density at radius 2 is 2.18 bits per heavy atom. The van der Waals surface area contributed by atoms with Crippen molar-refractivity contribution in [2.24, 2.45) is 0 Å². The highest BCUT2D eigenvalue weighted by molar-refractivity contribution is 7.99. The zero-order valence-electron chi connectivity index (χ0n) is 8.80. The first kappa shape index (κ1) is 11.3. The van der Waals surface area contributed by atoms with Crippen molar-refractivity contribution in [1.29, 1.82) is 0 Å². The number of para-hydroxylation sites is 1. The molecule has 2 heterocycles. The number of halogens is 1. The Labute approximate surface area is 114 Å². The summed E-state index contributed by atoms with van der Waals surface area (Å²) >= 11 is 13.2. The average molecular weight is 285 g/mol. The molecular formula is C11H9ClN2OS2. The summed E-state index contributed by atoms with van der Waals surface area (Å²) in [7, 11) is 0. The number of amides is 1. The van der Waals surface area contributed by atoms with Crippen molar-refractivity contribution >= 4 is 52.3 Å². The summed E-state index contributed by atoms with van der Waals surface area (Å²) in [5.41, 5.74) is 0.684. The summed E-state index contributed by atoms with van der Waals surface area (Å²) in [6.07, 6.45) is 0. The fraction of sp³-hybridized carbons (Fsp3) is 0.273. The molecule has 6 heteroatoms. The number of carbonyl (C=O) groups excluding carboxylic acids is 1. The van der Waals surface area contributed by atoms with Gasteiger partial charge in [0.15, 0.2) is 5.11 Å². The predicted octanol–water partition coefficient (Wildman–Crippen LogP) is 2.35. The van der Waals surface area contributed by atoms with E-state index in [1.807, 2.05) is 23.1 Å². The van der Waals surface area contributed by atoms with Gasteiger partial charge in [-0.1, -0.05) is 23.7 Å². The maximum atomic E-state index is 12.3. The minimum Gasteiger partial charge on any atom is -0.326 e. The molecule has 0 radical (unpaired) electrons. The molecule has 1 aromatic rings. The highest BCUT2D eigenvalue weighted by Gasteiger charge is 2.46. The van der Waals surface area contributed by atoms with Gasteiger partial charge in [-0.25, -0.2) is 0 Å². The van der Waals surface area contributed by atoms with Crippen molar-refractivity contribution in [3.8, 4) is 0 Å². The summed E-state index contributed by atoms with van der Waals surface area (Å²) in [4.78, 5) is 15.8. The lowest BCUT2D eigenvalue weighted by Gasteiger charge is -2.19. The molecule has 88 valence electrons. The van der Waals surface area contributed by atoms with Crippen LogP contribution in [0.15, 0.2) is 24.3 Å². The second-order valence-corrected chi connectivity index (χ2v) is 5.67. The van der Waals surface area contributed by atoms with Crippen LogP contribution in [0.3, 0.4) is 0 Å². The first-order chi connectivity index (χ1) is 8.20. The van der Waals surface area contributed by atoms with Gasteiger partial charge in [-0.05, 0) is 24.4 Å². The second kappa shape index (κ2) is 4.15. The summed E-state index contributed by atoms with van der Waals surface area (Å²) in [6.45, 7) is 0. The summed E-state index contributed by atoms with van der Waals surface area (Å²) < 4.78 is 0. The minimum absolute atomic E-state index is 0.0353. The van der Waals surface area contributed by atoms with Crippen LogP contribution in [0.1, 0.15) is 0 Å². The number of hydrogen-bond acceptors (Lipinski definition) is 3. The normalized spacial score (nSPS) is 23.5. The molecule has 0 aromatic heterocycles. The topological polar surface area (TPSA) is 23.6 Å². The standard InChI is InChI=1S/C11H9ClN2OS2/c12-7-3-1-2-4-8(7)14-10(15)9-5-17-6-13(9)11(14)16/h1-4,9H,5-6H2/t9-/m1/s1. The van der Waals surface area contributed by atoms with Crippen molar-refractivity contribution in [3.05, 3.63) is 29.3 Å². The number of nitrogens with zero attached hydrogens (tertiary/aromatic N) is 2. The van der Waals surface area contributed by atoms with E-state index in [0.717, 1.165) is 11.6 Å². The lowest BCUT2D eigenvalue weighted by Crippen LogP contribution is -2.32. The third-order valence-corrected chi connectivity index (χ3v) is 4.67. The molecule has 0 aliphatic carbocycles. The van der Waals surface area contributed by atoms with Gasteiger partial charge in [-0.3, -0.25) is 9.69 Å². The van der Waals surface area contributed by atoms with Crippen molar-refractivity contribution in [2.45, 2.75) is 6.04 Å². The molecule has 1 aromatic carbocycles. The molecule has 0 N–H and O–H groups in total. The Morgan fingerprint density at radius 1 is 1.41 bits per heavy atom. The zero-order valence-corrected chi connectivity index (χ0v) is 11.2. The Kier molecular flexibility index (Phi) is 2.77. The van der Waals surface area contributed by atoms with Crippen LogP contribution < -0.4 is 4.90 Å². The number of rotatable bonds is 1. The van der Waals surface area contributed by atoms with Crippen LogP contribution in [-0.4, -0.2) is 33.6 Å². The van der Waals surface area contributed by atoms with Gasteiger partial charge in [0.25, 0.3) is 5.91 Å². The van der Waals surface area contributed by atoms with Crippen LogP contribution in [0.4, 0.5) is 5.69 Å². The molecule has 2 aliphatic rings. The molecule has 0 bridgehead atoms. The molecule has 17 heavy (non-hydrogen) atoms. The van der Waals surface area contributed by atoms with E-state index in [4.69, 9.17) is 23.8 Å². The SMILES string of the molecule is O=C1[C@H]2CSCN2C(=S)N1c1ccccc1Cl. The number of fused-ring (bicyclic) bond motifs is 1. The maximum Gasteiger partial charge on any atom is 0.257 e. The Hall–Kier alpha value is -0.780. The molecule has 3 nitrogen and oxygen atoms in total. The third kappa shape index (κ3) is 1.64. The Morgan fingerprint density at radius 3 is 2.88 bits per heavy atom. The van der Waals surface area contributed by atoms with E-state index in [-0.39, 0.29) is 11.9 Å². The van der Waals surface area contributed by atoms with Crippen LogP contribution in [0.5, 0.6) is 0 Å². The van der Waals surface area contributed by atoms with Gasteiger partial charge < -0.3 is 4.90 Å². The van der Waals surface area contributed by atoms with Crippen LogP contribution in [0.2, 0.25) is 5.02 Å². The largest absolute Gasteiger partial charge is 0.326 e. The fourth-order valence-electron chi connectivity index (χ4n) is 2.06. The first-order valence-electron chi connectivity index (χ1n) is 5.17. The number of anilines is 1. The molecule has 2 aliphatic heterocycles. The lowest BCUT2D eigenvalue weighted by molar-refractivity contribution is -0.118. The van der Waals surface area contributed by atoms with Gasteiger partial charge in [0.2, 0.25) is 0 Å². The van der Waals surface area contributed by atoms with Crippen molar-refractivity contribution in [3.63, 3.8) is 0 Å². The quantitative estimate of drug-likeness (QED) is 0.739. The molecule has 0 unspecified atom stereocenters. The van der Waals surface area contributed by atoms with Crippen molar-refractivity contribution < 1.29 is 4.79 Å². The predicted molar refractivity (Wildman–Crippen MR) is 74.5 cm³/mol. The number of benzene rings is 1. The molecule has 0 saturated carbocycles. The zero-order chi connectivity index (χ0) is 12.0. The van der Waals surface area contributed by atoms with Gasteiger partial charge in [0.05, 0.1) is 16.6 Å². The number of carbonyl (C=O) groups is 1. The smallest absolute Gasteiger partial charge is 0.257 e. The van der Waals surface area contributed by atoms with Crippen molar-refractivity contribution in [1.82, 2.24) is 4.90 Å². The molecular weight excluding hydrogens is 276 g/mol. The second-order valence-electron chi connectivity index (χ2n) is 3.89. The van der Waals surface area contributed by atoms with E-state index in [2.05, 4.69) is 0 Å².